The SMILES string of the molecule is C/C=C/N=C(/C(F)=C/n1c(C)cc(OS(=O)(=O)C(F)(F)F)c(Cl)c1=O)c1cccc(-c2ncnn2C2CC2)c1F. The largest absolute Gasteiger partial charge is 0.534 e. The van der Waals surface area contributed by atoms with E-state index in [9.17, 15) is 26.4 Å². The molecule has 0 N–H and O–H groups in total. The zero-order valence-corrected chi connectivity index (χ0v) is 22.2. The van der Waals surface area contributed by atoms with Crippen LogP contribution in [0.5, 0.6) is 5.75 Å². The van der Waals surface area contributed by atoms with Crippen LogP contribution >= 0.6 is 11.6 Å². The molecule has 0 aliphatic heterocycles. The van der Waals surface area contributed by atoms with Crippen LogP contribution in [0.15, 0.2) is 58.5 Å². The molecule has 1 saturated carbocycles. The molecule has 1 aliphatic rings. The molecule has 40 heavy (non-hydrogen) atoms. The maximum Gasteiger partial charge on any atom is 0.534 e. The Bertz CT molecular complexity index is 1720. The first-order valence-corrected chi connectivity index (χ1v) is 13.2. The summed E-state index contributed by atoms with van der Waals surface area (Å²) in [7, 11) is -6.14. The van der Waals surface area contributed by atoms with Crippen molar-refractivity contribution in [2.45, 2.75) is 38.2 Å². The number of aromatic nitrogens is 4. The molecule has 212 valence electrons. The quantitative estimate of drug-likeness (QED) is 0.144. The summed E-state index contributed by atoms with van der Waals surface area (Å²) in [6.07, 6.45) is 6.20. The van der Waals surface area contributed by atoms with E-state index in [1.807, 2.05) is 0 Å². The van der Waals surface area contributed by atoms with Gasteiger partial charge < -0.3 is 4.18 Å². The first-order valence-electron chi connectivity index (χ1n) is 11.4. The van der Waals surface area contributed by atoms with Crippen LogP contribution in [-0.4, -0.2) is 39.0 Å². The van der Waals surface area contributed by atoms with Gasteiger partial charge in [-0.2, -0.15) is 26.7 Å². The maximum atomic E-state index is 15.8. The number of hydrogen-bond acceptors (Lipinski definition) is 7. The molecule has 3 aromatic rings. The van der Waals surface area contributed by atoms with Crippen molar-refractivity contribution in [2.75, 3.05) is 0 Å². The Hall–Kier alpha value is -3.85. The lowest BCUT2D eigenvalue weighted by Crippen LogP contribution is -2.29. The van der Waals surface area contributed by atoms with Gasteiger partial charge >= 0.3 is 15.6 Å². The van der Waals surface area contributed by atoms with E-state index in [0.29, 0.717) is 16.8 Å². The lowest BCUT2D eigenvalue weighted by molar-refractivity contribution is -0.0500. The highest BCUT2D eigenvalue weighted by atomic mass is 35.5. The molecule has 0 bridgehead atoms. The second kappa shape index (κ2) is 11.0. The number of rotatable bonds is 8. The van der Waals surface area contributed by atoms with Crippen LogP contribution in [0.3, 0.4) is 0 Å². The molecule has 2 aromatic heterocycles. The molecule has 0 unspecified atom stereocenters. The van der Waals surface area contributed by atoms with Crippen LogP contribution < -0.4 is 9.74 Å². The Kier molecular flexibility index (Phi) is 7.99. The van der Waals surface area contributed by atoms with Gasteiger partial charge in [-0.05, 0) is 38.8 Å². The van der Waals surface area contributed by atoms with Crippen LogP contribution in [0.25, 0.3) is 17.6 Å². The summed E-state index contributed by atoms with van der Waals surface area (Å²) in [5, 5.41) is 3.06. The number of aliphatic imine (C=N–C) groups is 1. The van der Waals surface area contributed by atoms with E-state index in [2.05, 4.69) is 19.3 Å². The van der Waals surface area contributed by atoms with E-state index in [0.717, 1.165) is 19.8 Å². The molecule has 0 radical (unpaired) electrons. The minimum atomic E-state index is -6.14. The summed E-state index contributed by atoms with van der Waals surface area (Å²) in [6.45, 7) is 2.74. The van der Waals surface area contributed by atoms with E-state index in [-0.39, 0.29) is 28.7 Å². The molecule has 1 aliphatic carbocycles. The Balaban J connectivity index is 1.79. The lowest BCUT2D eigenvalue weighted by atomic mass is 10.0. The summed E-state index contributed by atoms with van der Waals surface area (Å²) in [4.78, 5) is 20.9. The molecule has 0 atom stereocenters. The van der Waals surface area contributed by atoms with Crippen molar-refractivity contribution in [3.05, 3.63) is 81.1 Å². The van der Waals surface area contributed by atoms with Crippen molar-refractivity contribution in [3.63, 3.8) is 0 Å². The average Bonchev–Trinajstić information content (AvgIpc) is 3.61. The summed E-state index contributed by atoms with van der Waals surface area (Å²) in [5.41, 5.74) is -8.13. The zero-order chi connectivity index (χ0) is 29.4. The second-order valence-corrected chi connectivity index (χ2v) is 10.4. The summed E-state index contributed by atoms with van der Waals surface area (Å²) >= 11 is 5.78. The van der Waals surface area contributed by atoms with Gasteiger partial charge in [0.2, 0.25) is 0 Å². The predicted molar refractivity (Wildman–Crippen MR) is 136 cm³/mol. The Morgan fingerprint density at radius 3 is 2.60 bits per heavy atom. The standard InChI is InChI=1S/C24H19ClF5N5O4S/c1-3-9-31-21(15-5-4-6-16(20(15)27)22-32-12-33-35(22)14-7-8-14)17(26)11-34-13(2)10-18(19(25)23(34)36)39-40(37,38)24(28,29)30/h3-6,9-12,14H,7-8H2,1-2H3/b9-3+,17-11-,31-21+. The zero-order valence-electron chi connectivity index (χ0n) is 20.7. The highest BCUT2D eigenvalue weighted by Crippen LogP contribution is 2.38. The lowest BCUT2D eigenvalue weighted by Gasteiger charge is -2.14. The first kappa shape index (κ1) is 29.1. The monoisotopic (exact) mass is 603 g/mol. The third-order valence-corrected chi connectivity index (χ3v) is 6.92. The van der Waals surface area contributed by atoms with Crippen LogP contribution in [0, 0.1) is 12.7 Å². The molecule has 1 aromatic carbocycles. The third-order valence-electron chi connectivity index (χ3n) is 5.61. The molecule has 0 saturated heterocycles. The van der Waals surface area contributed by atoms with Gasteiger partial charge in [0.05, 0.1) is 17.8 Å². The van der Waals surface area contributed by atoms with Crippen molar-refractivity contribution in [2.24, 2.45) is 4.99 Å². The van der Waals surface area contributed by atoms with E-state index < -0.39 is 49.3 Å². The van der Waals surface area contributed by atoms with Crippen LogP contribution in [0.4, 0.5) is 22.0 Å². The molecule has 16 heteroatoms. The topological polar surface area (TPSA) is 108 Å². The van der Waals surface area contributed by atoms with Crippen LogP contribution in [0.2, 0.25) is 5.02 Å². The summed E-state index contributed by atoms with van der Waals surface area (Å²) in [5.74, 6) is -2.96. The molecule has 2 heterocycles. The number of halogens is 6. The number of alkyl halides is 3. The van der Waals surface area contributed by atoms with Gasteiger partial charge in [0.15, 0.2) is 17.4 Å². The van der Waals surface area contributed by atoms with Crippen molar-refractivity contribution >= 4 is 33.6 Å². The number of nitrogens with zero attached hydrogens (tertiary/aromatic N) is 5. The van der Waals surface area contributed by atoms with Crippen molar-refractivity contribution in [1.29, 1.82) is 0 Å². The van der Waals surface area contributed by atoms with Crippen LogP contribution in [-0.2, 0) is 10.1 Å². The van der Waals surface area contributed by atoms with Gasteiger partial charge in [-0.1, -0.05) is 23.7 Å². The maximum absolute atomic E-state index is 15.8. The Morgan fingerprint density at radius 2 is 1.98 bits per heavy atom. The molecular weight excluding hydrogens is 585 g/mol. The molecule has 1 fully saturated rings. The van der Waals surface area contributed by atoms with Crippen molar-refractivity contribution in [1.82, 2.24) is 19.3 Å². The molecule has 0 amide bonds. The van der Waals surface area contributed by atoms with E-state index in [1.54, 1.807) is 11.6 Å². The van der Waals surface area contributed by atoms with Gasteiger partial charge in [-0.15, -0.1) is 0 Å². The second-order valence-electron chi connectivity index (χ2n) is 8.49. The van der Waals surface area contributed by atoms with Gasteiger partial charge in [0, 0.05) is 23.5 Å². The number of aryl methyl sites for hydroxylation is 1. The van der Waals surface area contributed by atoms with E-state index in [1.165, 1.54) is 36.8 Å². The van der Waals surface area contributed by atoms with E-state index in [4.69, 9.17) is 11.6 Å². The Labute approximate surface area is 229 Å². The minimum absolute atomic E-state index is 0.0339. The normalized spacial score (nSPS) is 15.2. The highest BCUT2D eigenvalue weighted by molar-refractivity contribution is 7.88. The fourth-order valence-corrected chi connectivity index (χ4v) is 4.27. The summed E-state index contributed by atoms with van der Waals surface area (Å²) in [6, 6.07) is 4.93. The van der Waals surface area contributed by atoms with Gasteiger partial charge in [-0.3, -0.25) is 14.4 Å². The Morgan fingerprint density at radius 1 is 1.27 bits per heavy atom. The van der Waals surface area contributed by atoms with E-state index >= 15 is 8.78 Å². The number of pyridine rings is 1. The third kappa shape index (κ3) is 5.70. The minimum Gasteiger partial charge on any atom is -0.374 e. The van der Waals surface area contributed by atoms with Gasteiger partial charge in [0.1, 0.15) is 22.9 Å². The fourth-order valence-electron chi connectivity index (χ4n) is 3.58. The van der Waals surface area contributed by atoms with Crippen molar-refractivity contribution in [3.8, 4) is 17.1 Å². The molecule has 0 spiro atoms. The molecule has 9 nitrogen and oxygen atoms in total. The number of hydrogen-bond donors (Lipinski definition) is 0. The molecular formula is C24H19ClF5N5O4S. The fraction of sp³-hybridized carbons (Fsp3) is 0.250. The van der Waals surface area contributed by atoms with Gasteiger partial charge in [0.25, 0.3) is 5.56 Å². The smallest absolute Gasteiger partial charge is 0.374 e. The van der Waals surface area contributed by atoms with Crippen molar-refractivity contribution < 1.29 is 34.6 Å². The highest BCUT2D eigenvalue weighted by Gasteiger charge is 2.49. The van der Waals surface area contributed by atoms with Crippen LogP contribution in [0.1, 0.15) is 37.1 Å². The first-order chi connectivity index (χ1) is 18.8. The average molecular weight is 604 g/mol. The predicted octanol–water partition coefficient (Wildman–Crippen LogP) is 5.56. The number of benzene rings is 1. The summed E-state index contributed by atoms with van der Waals surface area (Å²) < 4.78 is 98.4. The molecule has 4 rings (SSSR count). The number of allylic oxidation sites excluding steroid dienone is 2. The van der Waals surface area contributed by atoms with Gasteiger partial charge in [-0.25, -0.2) is 18.4 Å².